The summed E-state index contributed by atoms with van der Waals surface area (Å²) in [6.45, 7) is 7.28. The average molecular weight is 476 g/mol. The van der Waals surface area contributed by atoms with Crippen LogP contribution in [0.1, 0.15) is 35.4 Å². The quantitative estimate of drug-likeness (QED) is 0.423. The van der Waals surface area contributed by atoms with Crippen molar-refractivity contribution in [2.45, 2.75) is 25.7 Å². The molecule has 0 unspecified atom stereocenters. The highest BCUT2D eigenvalue weighted by atomic mass is 35.5. The largest absolute Gasteiger partial charge is 0.323 e. The monoisotopic (exact) mass is 475 g/mol. The van der Waals surface area contributed by atoms with Crippen LogP contribution >= 0.6 is 11.6 Å². The van der Waals surface area contributed by atoms with Gasteiger partial charge >= 0.3 is 0 Å². The molecular weight excluding hydrogens is 442 g/mol. The van der Waals surface area contributed by atoms with E-state index >= 15 is 0 Å². The lowest BCUT2D eigenvalue weighted by Gasteiger charge is -2.34. The molecule has 0 aliphatic carbocycles. The average Bonchev–Trinajstić information content (AvgIpc) is 2.86. The van der Waals surface area contributed by atoms with E-state index in [-0.39, 0.29) is 5.91 Å². The van der Waals surface area contributed by atoms with E-state index in [1.165, 1.54) is 11.1 Å². The highest BCUT2D eigenvalue weighted by Gasteiger charge is 2.20. The number of hydrogen-bond acceptors (Lipinski definition) is 3. The van der Waals surface area contributed by atoms with Gasteiger partial charge in [-0.1, -0.05) is 84.4 Å². The number of carbonyl (C=O) groups is 1. The number of nitrogens with one attached hydrogen (secondary N) is 1. The molecule has 0 atom stereocenters. The van der Waals surface area contributed by atoms with Gasteiger partial charge in [-0.15, -0.1) is 0 Å². The van der Waals surface area contributed by atoms with Crippen LogP contribution in [0.25, 0.3) is 0 Å². The number of piperazine rings is 1. The molecule has 1 heterocycles. The van der Waals surface area contributed by atoms with Gasteiger partial charge in [0.1, 0.15) is 0 Å². The van der Waals surface area contributed by atoms with E-state index in [0.717, 1.165) is 56.8 Å². The maximum Gasteiger partial charge on any atom is 0.238 e. The zero-order valence-electron chi connectivity index (χ0n) is 19.9. The minimum absolute atomic E-state index is 0.00165. The molecule has 3 aromatic rings. The summed E-state index contributed by atoms with van der Waals surface area (Å²) in [5.74, 6) is 0.430. The maximum atomic E-state index is 12.6. The van der Waals surface area contributed by atoms with Crippen LogP contribution in [0, 0.1) is 6.92 Å². The van der Waals surface area contributed by atoms with Crippen molar-refractivity contribution < 1.29 is 4.79 Å². The van der Waals surface area contributed by atoms with Gasteiger partial charge in [-0.3, -0.25) is 9.69 Å². The van der Waals surface area contributed by atoms with E-state index in [4.69, 9.17) is 11.6 Å². The van der Waals surface area contributed by atoms with E-state index in [0.29, 0.717) is 17.5 Å². The Hall–Kier alpha value is -2.66. The van der Waals surface area contributed by atoms with E-state index in [1.807, 2.05) is 25.1 Å². The number of nitrogens with zero attached hydrogens (tertiary/aromatic N) is 2. The Labute approximate surface area is 208 Å². The van der Waals surface area contributed by atoms with Crippen molar-refractivity contribution in [1.82, 2.24) is 9.80 Å². The van der Waals surface area contributed by atoms with Crippen molar-refractivity contribution in [3.63, 3.8) is 0 Å². The molecule has 0 radical (unpaired) electrons. The number of anilines is 1. The third kappa shape index (κ3) is 6.69. The fourth-order valence-electron chi connectivity index (χ4n) is 4.76. The van der Waals surface area contributed by atoms with E-state index in [9.17, 15) is 4.79 Å². The first-order valence-corrected chi connectivity index (χ1v) is 12.6. The summed E-state index contributed by atoms with van der Waals surface area (Å²) in [6, 6.07) is 27.3. The summed E-state index contributed by atoms with van der Waals surface area (Å²) >= 11 is 6.25. The fraction of sp³-hybridized carbons (Fsp3) is 0.345. The predicted molar refractivity (Wildman–Crippen MR) is 142 cm³/mol. The van der Waals surface area contributed by atoms with Gasteiger partial charge in [-0.2, -0.15) is 0 Å². The van der Waals surface area contributed by atoms with Crippen molar-refractivity contribution in [1.29, 1.82) is 0 Å². The van der Waals surface area contributed by atoms with E-state index in [2.05, 4.69) is 75.8 Å². The third-order valence-corrected chi connectivity index (χ3v) is 7.00. The van der Waals surface area contributed by atoms with Gasteiger partial charge in [0.05, 0.1) is 17.3 Å². The van der Waals surface area contributed by atoms with Crippen LogP contribution in [0.4, 0.5) is 5.69 Å². The van der Waals surface area contributed by atoms with Crippen LogP contribution in [0.3, 0.4) is 0 Å². The minimum Gasteiger partial charge on any atom is -0.323 e. The van der Waals surface area contributed by atoms with Crippen LogP contribution in [0.2, 0.25) is 5.02 Å². The molecule has 0 saturated carbocycles. The third-order valence-electron chi connectivity index (χ3n) is 6.69. The SMILES string of the molecule is Cc1cccc(Cl)c1NC(=O)CN1CCN(CCCC(c2ccccc2)c2ccccc2)CC1. The molecule has 1 N–H and O–H groups in total. The zero-order chi connectivity index (χ0) is 23.8. The summed E-state index contributed by atoms with van der Waals surface area (Å²) in [5, 5.41) is 3.57. The lowest BCUT2D eigenvalue weighted by atomic mass is 9.87. The van der Waals surface area contributed by atoms with Crippen molar-refractivity contribution in [3.8, 4) is 0 Å². The molecule has 1 aliphatic heterocycles. The molecule has 5 heteroatoms. The number of para-hydroxylation sites is 1. The van der Waals surface area contributed by atoms with Crippen LogP contribution in [-0.2, 0) is 4.79 Å². The molecule has 4 nitrogen and oxygen atoms in total. The summed E-state index contributed by atoms with van der Waals surface area (Å²) in [4.78, 5) is 17.3. The number of halogens is 1. The lowest BCUT2D eigenvalue weighted by Crippen LogP contribution is -2.48. The van der Waals surface area contributed by atoms with Crippen molar-refractivity contribution in [2.24, 2.45) is 0 Å². The minimum atomic E-state index is -0.00165. The Morgan fingerprint density at radius 2 is 1.44 bits per heavy atom. The summed E-state index contributed by atoms with van der Waals surface area (Å²) in [7, 11) is 0. The van der Waals surface area contributed by atoms with Crippen LogP contribution in [-0.4, -0.2) is 55.0 Å². The molecule has 0 aromatic heterocycles. The van der Waals surface area contributed by atoms with Gasteiger partial charge in [-0.25, -0.2) is 0 Å². The van der Waals surface area contributed by atoms with Gasteiger partial charge in [0.2, 0.25) is 5.91 Å². The van der Waals surface area contributed by atoms with Crippen molar-refractivity contribution in [2.75, 3.05) is 44.6 Å². The Balaban J connectivity index is 1.23. The summed E-state index contributed by atoms with van der Waals surface area (Å²) < 4.78 is 0. The van der Waals surface area contributed by atoms with E-state index < -0.39 is 0 Å². The molecule has 0 spiro atoms. The van der Waals surface area contributed by atoms with Gasteiger partial charge < -0.3 is 10.2 Å². The van der Waals surface area contributed by atoms with Gasteiger partial charge in [0.25, 0.3) is 0 Å². The molecule has 1 saturated heterocycles. The second-order valence-corrected chi connectivity index (χ2v) is 9.52. The molecule has 34 heavy (non-hydrogen) atoms. The Bertz CT molecular complexity index is 990. The number of aryl methyl sites for hydroxylation is 1. The number of carbonyl (C=O) groups excluding carboxylic acids is 1. The molecule has 1 fully saturated rings. The molecule has 3 aromatic carbocycles. The first kappa shape index (κ1) is 24.5. The van der Waals surface area contributed by atoms with Crippen LogP contribution in [0.15, 0.2) is 78.9 Å². The van der Waals surface area contributed by atoms with Crippen LogP contribution < -0.4 is 5.32 Å². The highest BCUT2D eigenvalue weighted by molar-refractivity contribution is 6.33. The highest BCUT2D eigenvalue weighted by Crippen LogP contribution is 2.29. The number of amides is 1. The molecule has 1 amide bonds. The summed E-state index contributed by atoms with van der Waals surface area (Å²) in [6.07, 6.45) is 2.29. The Kier molecular flexibility index (Phi) is 8.75. The zero-order valence-corrected chi connectivity index (χ0v) is 20.7. The molecule has 1 aliphatic rings. The van der Waals surface area contributed by atoms with Gasteiger partial charge in [-0.05, 0) is 49.1 Å². The number of rotatable bonds is 9. The maximum absolute atomic E-state index is 12.6. The Morgan fingerprint density at radius 3 is 2.03 bits per heavy atom. The number of hydrogen-bond donors (Lipinski definition) is 1. The smallest absolute Gasteiger partial charge is 0.238 e. The van der Waals surface area contributed by atoms with E-state index in [1.54, 1.807) is 0 Å². The number of benzene rings is 3. The molecule has 178 valence electrons. The Morgan fingerprint density at radius 1 is 0.853 bits per heavy atom. The normalized spacial score (nSPS) is 14.9. The second kappa shape index (κ2) is 12.2. The molecule has 0 bridgehead atoms. The predicted octanol–water partition coefficient (Wildman–Crippen LogP) is 5.82. The van der Waals surface area contributed by atoms with Gasteiger partial charge in [0, 0.05) is 32.1 Å². The van der Waals surface area contributed by atoms with Crippen molar-refractivity contribution >= 4 is 23.2 Å². The lowest BCUT2D eigenvalue weighted by molar-refractivity contribution is -0.117. The van der Waals surface area contributed by atoms with Crippen LogP contribution in [0.5, 0.6) is 0 Å². The fourth-order valence-corrected chi connectivity index (χ4v) is 5.03. The summed E-state index contributed by atoms with van der Waals surface area (Å²) in [5.41, 5.74) is 4.48. The first-order chi connectivity index (χ1) is 16.6. The topological polar surface area (TPSA) is 35.6 Å². The van der Waals surface area contributed by atoms with Crippen molar-refractivity contribution in [3.05, 3.63) is 101 Å². The molecular formula is C29H34ClN3O. The van der Waals surface area contributed by atoms with Gasteiger partial charge in [0.15, 0.2) is 0 Å². The standard InChI is InChI=1S/C29H34ClN3O/c1-23-10-8-16-27(30)29(23)31-28(34)22-33-20-18-32(19-21-33)17-9-15-26(24-11-4-2-5-12-24)25-13-6-3-7-14-25/h2-8,10-14,16,26H,9,15,17-22H2,1H3,(H,31,34). The molecule has 4 rings (SSSR count). The first-order valence-electron chi connectivity index (χ1n) is 12.2. The second-order valence-electron chi connectivity index (χ2n) is 9.11.